The van der Waals surface area contributed by atoms with Crippen molar-refractivity contribution in [3.8, 4) is 20.3 Å². The molecule has 2 aromatic rings. The Kier molecular flexibility index (Phi) is 7.04. The molecule has 4 rings (SSSR count). The van der Waals surface area contributed by atoms with Gasteiger partial charge in [-0.1, -0.05) is 0 Å². The van der Waals surface area contributed by atoms with Crippen LogP contribution < -0.4 is 14.8 Å². The average Bonchev–Trinajstić information content (AvgIpc) is 2.74. The van der Waals surface area contributed by atoms with Gasteiger partial charge in [0.25, 0.3) is 0 Å². The molecule has 12 heteroatoms. The number of hydrogen-bond donors (Lipinski definition) is 1. The average molecular weight is 644 g/mol. The Morgan fingerprint density at radius 1 is 0.889 bits per heavy atom. The van der Waals surface area contributed by atoms with Gasteiger partial charge in [0.2, 0.25) is 0 Å². The fraction of sp³-hybridized carbons (Fsp3) is 0.167. The zero-order chi connectivity index (χ0) is 27.1. The summed E-state index contributed by atoms with van der Waals surface area (Å²) in [5.41, 5.74) is 4.49. The van der Waals surface area contributed by atoms with E-state index in [0.29, 0.717) is 5.56 Å². The Morgan fingerprint density at radius 3 is 2.06 bits per heavy atom. The van der Waals surface area contributed by atoms with Gasteiger partial charge in [-0.2, -0.15) is 0 Å². The number of benzene rings is 3. The van der Waals surface area contributed by atoms with E-state index in [4.69, 9.17) is 0 Å². The molecular formula is C24H23F6N2O2PTe. The third-order valence-electron chi connectivity index (χ3n) is 5.15. The molecule has 36 heavy (non-hydrogen) atoms. The van der Waals surface area contributed by atoms with Crippen molar-refractivity contribution in [1.29, 1.82) is 0 Å². The third-order valence-corrected chi connectivity index (χ3v) is 8.33. The zero-order valence-electron chi connectivity index (χ0n) is 19.6. The number of rotatable bonds is 3. The standard InChI is InChI=1S/C24H22N2O2Te.F6P/c1-25(2)15-9-11-19-21(13-15)29-22-14-16(26(3)4)10-12-20(22)23(19)17-7-5-6-8-18(17)24(27)28;1-7(2,3,4,5)6/h5-14H,1-4H3;/q;-1/p+1. The predicted octanol–water partition coefficient (Wildman–Crippen LogP) is 6.85. The molecule has 1 aliphatic heterocycles. The van der Waals surface area contributed by atoms with Gasteiger partial charge in [0, 0.05) is 0 Å². The summed E-state index contributed by atoms with van der Waals surface area (Å²) < 4.78 is 64.0. The minimum atomic E-state index is -10.7. The first-order valence-corrected chi connectivity index (χ1v) is 14.7. The second-order valence-corrected chi connectivity index (χ2v) is 13.4. The van der Waals surface area contributed by atoms with Crippen molar-refractivity contribution < 1.29 is 35.1 Å². The van der Waals surface area contributed by atoms with E-state index in [1.165, 1.54) is 18.0 Å². The van der Waals surface area contributed by atoms with Crippen molar-refractivity contribution in [3.05, 3.63) is 71.6 Å². The van der Waals surface area contributed by atoms with E-state index in [1.54, 1.807) is 12.1 Å². The van der Waals surface area contributed by atoms with Crippen LogP contribution in [-0.4, -0.2) is 59.7 Å². The quantitative estimate of drug-likeness (QED) is 0.0874. The van der Waals surface area contributed by atoms with E-state index in [-0.39, 0.29) is 0 Å². The molecule has 0 fully saturated rings. The Hall–Kier alpha value is -2.60. The molecule has 2 aliphatic rings. The van der Waals surface area contributed by atoms with Crippen molar-refractivity contribution in [2.75, 3.05) is 33.1 Å². The number of carboxylic acids is 1. The van der Waals surface area contributed by atoms with E-state index in [9.17, 15) is 35.1 Å². The van der Waals surface area contributed by atoms with Gasteiger partial charge in [0.1, 0.15) is 0 Å². The zero-order valence-corrected chi connectivity index (χ0v) is 22.9. The molecule has 194 valence electrons. The number of halogens is 6. The SMILES string of the molecule is CN(C)c1ccc2c(-c3ccccc3C(=O)O)c3ccc(=[N+](C)C)cc-3[te]c2c1.F[P-](F)(F)(F)(F)F. The normalized spacial score (nSPS) is 13.4. The number of hydrogen-bond acceptors (Lipinski definition) is 2. The van der Waals surface area contributed by atoms with E-state index in [1.807, 2.05) is 40.3 Å². The monoisotopic (exact) mass is 646 g/mol. The van der Waals surface area contributed by atoms with Crippen molar-refractivity contribution >= 4 is 48.7 Å². The molecule has 0 saturated carbocycles. The van der Waals surface area contributed by atoms with Crippen molar-refractivity contribution in [2.45, 2.75) is 0 Å². The summed E-state index contributed by atoms with van der Waals surface area (Å²) in [6, 6.07) is 20.4. The van der Waals surface area contributed by atoms with Gasteiger partial charge in [-0.25, -0.2) is 0 Å². The molecule has 1 heterocycles. The van der Waals surface area contributed by atoms with Gasteiger partial charge >= 0.3 is 213 Å². The Balaban J connectivity index is 0.000000454. The van der Waals surface area contributed by atoms with E-state index >= 15 is 0 Å². The molecule has 1 aliphatic carbocycles. The topological polar surface area (TPSA) is 43.6 Å². The van der Waals surface area contributed by atoms with E-state index in [0.717, 1.165) is 22.1 Å². The first kappa shape index (κ1) is 28.0. The van der Waals surface area contributed by atoms with Gasteiger partial charge in [-0.05, 0) is 0 Å². The van der Waals surface area contributed by atoms with Gasteiger partial charge in [0.05, 0.1) is 0 Å². The van der Waals surface area contributed by atoms with Crippen LogP contribution in [0.5, 0.6) is 0 Å². The summed E-state index contributed by atoms with van der Waals surface area (Å²) >= 11 is -0.594. The summed E-state index contributed by atoms with van der Waals surface area (Å²) in [6.45, 7) is 0. The molecule has 0 unspecified atom stereocenters. The van der Waals surface area contributed by atoms with Crippen LogP contribution in [0.15, 0.2) is 60.7 Å². The molecule has 4 nitrogen and oxygen atoms in total. The van der Waals surface area contributed by atoms with E-state index < -0.39 is 34.2 Å². The van der Waals surface area contributed by atoms with E-state index in [2.05, 4.69) is 45.9 Å². The van der Waals surface area contributed by atoms with Crippen LogP contribution in [-0.2, 0) is 0 Å². The van der Waals surface area contributed by atoms with Gasteiger partial charge in [-0.3, -0.25) is 0 Å². The maximum absolute atomic E-state index is 12.0. The summed E-state index contributed by atoms with van der Waals surface area (Å²) in [5.74, 6) is -0.895. The first-order valence-electron chi connectivity index (χ1n) is 10.4. The van der Waals surface area contributed by atoms with Crippen LogP contribution in [0.2, 0.25) is 0 Å². The van der Waals surface area contributed by atoms with Crippen LogP contribution in [0.25, 0.3) is 29.1 Å². The molecule has 0 spiro atoms. The summed E-state index contributed by atoms with van der Waals surface area (Å²) in [7, 11) is -2.46. The molecule has 0 aromatic heterocycles. The number of nitrogens with zero attached hydrogens (tertiary/aromatic N) is 2. The molecule has 0 radical (unpaired) electrons. The predicted molar refractivity (Wildman–Crippen MR) is 135 cm³/mol. The Bertz CT molecular complexity index is 1500. The molecule has 0 saturated heterocycles. The second kappa shape index (κ2) is 9.05. The second-order valence-electron chi connectivity index (χ2n) is 8.44. The molecule has 2 aromatic carbocycles. The summed E-state index contributed by atoms with van der Waals surface area (Å²) in [4.78, 5) is 14.1. The fourth-order valence-corrected chi connectivity index (χ4v) is 6.90. The van der Waals surface area contributed by atoms with Gasteiger partial charge in [0.15, 0.2) is 0 Å². The number of aromatic carboxylic acids is 1. The summed E-state index contributed by atoms with van der Waals surface area (Å²) in [6.07, 6.45) is 0. The number of carboxylic acid groups (broad SMARTS) is 1. The van der Waals surface area contributed by atoms with Gasteiger partial charge < -0.3 is 0 Å². The number of fused-ring (bicyclic) bond motifs is 2. The fourth-order valence-electron chi connectivity index (χ4n) is 3.60. The molecule has 1 N–H and O–H groups in total. The molecule has 0 amide bonds. The van der Waals surface area contributed by atoms with Crippen LogP contribution in [0.4, 0.5) is 30.9 Å². The number of anilines is 1. The van der Waals surface area contributed by atoms with Crippen LogP contribution >= 0.6 is 7.81 Å². The Labute approximate surface area is 212 Å². The van der Waals surface area contributed by atoms with Crippen LogP contribution in [0.1, 0.15) is 10.4 Å². The van der Waals surface area contributed by atoms with Crippen molar-refractivity contribution in [3.63, 3.8) is 0 Å². The summed E-state index contributed by atoms with van der Waals surface area (Å²) in [5, 5.41) is 12.1. The maximum atomic E-state index is 12.0. The Morgan fingerprint density at radius 2 is 1.50 bits per heavy atom. The third kappa shape index (κ3) is 7.45. The molecule has 0 atom stereocenters. The first-order chi connectivity index (χ1) is 16.3. The minimum absolute atomic E-state index is 0.343. The van der Waals surface area contributed by atoms with Crippen LogP contribution in [0.3, 0.4) is 0 Å². The van der Waals surface area contributed by atoms with Gasteiger partial charge in [-0.15, -0.1) is 0 Å². The van der Waals surface area contributed by atoms with Crippen molar-refractivity contribution in [1.82, 2.24) is 4.58 Å². The molecule has 0 bridgehead atoms. The van der Waals surface area contributed by atoms with Crippen LogP contribution in [0, 0.1) is 0 Å². The van der Waals surface area contributed by atoms with Crippen molar-refractivity contribution in [2.24, 2.45) is 0 Å². The number of carbonyl (C=O) groups is 1. The molecular weight excluding hydrogens is 621 g/mol.